The van der Waals surface area contributed by atoms with E-state index in [1.54, 1.807) is 35.0 Å². The van der Waals surface area contributed by atoms with Crippen LogP contribution >= 0.6 is 11.6 Å². The molecule has 26 heavy (non-hydrogen) atoms. The highest BCUT2D eigenvalue weighted by Crippen LogP contribution is 2.15. The smallest absolute Gasteiger partial charge is 0.257 e. The number of anilines is 1. The van der Waals surface area contributed by atoms with Crippen molar-refractivity contribution in [3.05, 3.63) is 98.4 Å². The molecular weight excluding hydrogens is 348 g/mol. The predicted octanol–water partition coefficient (Wildman–Crippen LogP) is 4.42. The minimum atomic E-state index is -0.276. The van der Waals surface area contributed by atoms with Crippen molar-refractivity contribution in [1.82, 2.24) is 4.57 Å². The largest absolute Gasteiger partial charge is 0.322 e. The Kier molecular flexibility index (Phi) is 5.24. The van der Waals surface area contributed by atoms with E-state index >= 15 is 0 Å². The highest BCUT2D eigenvalue weighted by molar-refractivity contribution is 6.30. The first-order valence-electron chi connectivity index (χ1n) is 8.26. The van der Waals surface area contributed by atoms with Crippen molar-refractivity contribution >= 4 is 23.2 Å². The van der Waals surface area contributed by atoms with Crippen LogP contribution in [0.25, 0.3) is 0 Å². The number of carbonyl (C=O) groups excluding carboxylic acids is 1. The quantitative estimate of drug-likeness (QED) is 0.743. The number of hydrogen-bond acceptors (Lipinski definition) is 2. The number of pyridine rings is 1. The zero-order valence-corrected chi connectivity index (χ0v) is 15.4. The second kappa shape index (κ2) is 7.58. The van der Waals surface area contributed by atoms with Crippen molar-refractivity contribution in [2.45, 2.75) is 20.4 Å². The second-order valence-corrected chi connectivity index (χ2v) is 6.71. The van der Waals surface area contributed by atoms with Crippen LogP contribution in [0.2, 0.25) is 5.02 Å². The minimum Gasteiger partial charge on any atom is -0.322 e. The lowest BCUT2D eigenvalue weighted by Crippen LogP contribution is -2.23. The van der Waals surface area contributed by atoms with E-state index in [9.17, 15) is 9.59 Å². The predicted molar refractivity (Wildman–Crippen MR) is 105 cm³/mol. The number of rotatable bonds is 4. The number of nitrogens with one attached hydrogen (secondary N) is 1. The van der Waals surface area contributed by atoms with Gasteiger partial charge in [0.2, 0.25) is 0 Å². The van der Waals surface area contributed by atoms with Gasteiger partial charge in [-0.25, -0.2) is 0 Å². The van der Waals surface area contributed by atoms with Gasteiger partial charge in [0.05, 0.1) is 12.1 Å². The number of halogens is 1. The summed E-state index contributed by atoms with van der Waals surface area (Å²) in [6.07, 6.45) is 1.59. The number of aromatic nitrogens is 1. The van der Waals surface area contributed by atoms with E-state index in [1.807, 2.05) is 26.0 Å². The summed E-state index contributed by atoms with van der Waals surface area (Å²) in [6, 6.07) is 16.0. The van der Waals surface area contributed by atoms with E-state index in [1.165, 1.54) is 12.1 Å². The highest BCUT2D eigenvalue weighted by atomic mass is 35.5. The van der Waals surface area contributed by atoms with Crippen LogP contribution in [-0.4, -0.2) is 10.5 Å². The molecule has 3 aromatic rings. The molecule has 0 aliphatic carbocycles. The summed E-state index contributed by atoms with van der Waals surface area (Å²) in [7, 11) is 0. The molecule has 0 unspecified atom stereocenters. The van der Waals surface area contributed by atoms with Crippen molar-refractivity contribution < 1.29 is 4.79 Å². The van der Waals surface area contributed by atoms with Gasteiger partial charge >= 0.3 is 0 Å². The SMILES string of the molecule is Cc1ccc(C)c(Cn2cc(C(=O)Nc3ccc(Cl)cc3)ccc2=O)c1. The van der Waals surface area contributed by atoms with Crippen molar-refractivity contribution in [1.29, 1.82) is 0 Å². The van der Waals surface area contributed by atoms with E-state index in [-0.39, 0.29) is 11.5 Å². The summed E-state index contributed by atoms with van der Waals surface area (Å²) in [5, 5.41) is 3.41. The van der Waals surface area contributed by atoms with Crippen LogP contribution in [0.4, 0.5) is 5.69 Å². The van der Waals surface area contributed by atoms with Crippen LogP contribution in [0.5, 0.6) is 0 Å². The Hall–Kier alpha value is -2.85. The molecule has 0 saturated carbocycles. The maximum Gasteiger partial charge on any atom is 0.257 e. The van der Waals surface area contributed by atoms with Gasteiger partial charge in [0, 0.05) is 23.0 Å². The Bertz CT molecular complexity index is 1010. The van der Waals surface area contributed by atoms with Gasteiger partial charge in [0.1, 0.15) is 0 Å². The van der Waals surface area contributed by atoms with Crippen molar-refractivity contribution in [3.63, 3.8) is 0 Å². The normalized spacial score (nSPS) is 10.6. The molecule has 4 nitrogen and oxygen atoms in total. The molecule has 1 N–H and O–H groups in total. The van der Waals surface area contributed by atoms with Gasteiger partial charge in [-0.2, -0.15) is 0 Å². The molecule has 132 valence electrons. The molecule has 1 amide bonds. The molecule has 0 fully saturated rings. The zero-order chi connectivity index (χ0) is 18.7. The van der Waals surface area contributed by atoms with Crippen LogP contribution in [0.15, 0.2) is 65.6 Å². The van der Waals surface area contributed by atoms with Gasteiger partial charge in [-0.1, -0.05) is 35.4 Å². The van der Waals surface area contributed by atoms with Gasteiger partial charge in [0.15, 0.2) is 0 Å². The van der Waals surface area contributed by atoms with Gasteiger partial charge < -0.3 is 9.88 Å². The lowest BCUT2D eigenvalue weighted by atomic mass is 10.1. The Morgan fingerprint density at radius 3 is 2.50 bits per heavy atom. The summed E-state index contributed by atoms with van der Waals surface area (Å²) >= 11 is 5.85. The molecule has 0 atom stereocenters. The monoisotopic (exact) mass is 366 g/mol. The Balaban J connectivity index is 1.85. The van der Waals surface area contributed by atoms with Crippen molar-refractivity contribution in [2.24, 2.45) is 0 Å². The molecule has 1 heterocycles. The van der Waals surface area contributed by atoms with Gasteiger partial charge in [-0.15, -0.1) is 0 Å². The van der Waals surface area contributed by atoms with Crippen LogP contribution in [-0.2, 0) is 6.54 Å². The number of amides is 1. The van der Waals surface area contributed by atoms with Crippen LogP contribution in [0.1, 0.15) is 27.0 Å². The summed E-state index contributed by atoms with van der Waals surface area (Å²) < 4.78 is 1.55. The summed E-state index contributed by atoms with van der Waals surface area (Å²) in [6.45, 7) is 4.45. The minimum absolute atomic E-state index is 0.144. The molecule has 0 bridgehead atoms. The fourth-order valence-corrected chi connectivity index (χ4v) is 2.81. The third kappa shape index (κ3) is 4.21. The van der Waals surface area contributed by atoms with Gasteiger partial charge in [-0.3, -0.25) is 9.59 Å². The molecule has 0 radical (unpaired) electrons. The Morgan fingerprint density at radius 1 is 1.04 bits per heavy atom. The molecule has 0 aliphatic heterocycles. The third-order valence-corrected chi connectivity index (χ3v) is 4.45. The standard InChI is InChI=1S/C21H19ClN2O2/c1-14-3-4-15(2)17(11-14)13-24-12-16(5-10-20(24)25)21(26)23-19-8-6-18(22)7-9-19/h3-12H,13H2,1-2H3,(H,23,26). The topological polar surface area (TPSA) is 51.1 Å². The number of carbonyl (C=O) groups is 1. The molecule has 3 rings (SSSR count). The highest BCUT2D eigenvalue weighted by Gasteiger charge is 2.09. The van der Waals surface area contributed by atoms with E-state index in [0.29, 0.717) is 22.8 Å². The van der Waals surface area contributed by atoms with E-state index in [4.69, 9.17) is 11.6 Å². The average Bonchev–Trinajstić information content (AvgIpc) is 2.62. The maximum absolute atomic E-state index is 12.5. The van der Waals surface area contributed by atoms with E-state index < -0.39 is 0 Å². The first kappa shape index (κ1) is 18.0. The lowest BCUT2D eigenvalue weighted by Gasteiger charge is -2.11. The molecule has 0 saturated heterocycles. The molecule has 5 heteroatoms. The lowest BCUT2D eigenvalue weighted by molar-refractivity contribution is 0.102. The Labute approximate surface area is 157 Å². The first-order valence-corrected chi connectivity index (χ1v) is 8.64. The van der Waals surface area contributed by atoms with E-state index in [2.05, 4.69) is 11.4 Å². The van der Waals surface area contributed by atoms with E-state index in [0.717, 1.165) is 16.7 Å². The van der Waals surface area contributed by atoms with Crippen LogP contribution in [0.3, 0.4) is 0 Å². The first-order chi connectivity index (χ1) is 12.4. The van der Waals surface area contributed by atoms with Gasteiger partial charge in [-0.05, 0) is 55.3 Å². The Morgan fingerprint density at radius 2 is 1.77 bits per heavy atom. The summed E-state index contributed by atoms with van der Waals surface area (Å²) in [5.74, 6) is -0.276. The van der Waals surface area contributed by atoms with Crippen molar-refractivity contribution in [3.8, 4) is 0 Å². The van der Waals surface area contributed by atoms with Crippen molar-refractivity contribution in [2.75, 3.05) is 5.32 Å². The molecule has 0 aliphatic rings. The summed E-state index contributed by atoms with van der Waals surface area (Å²) in [5.41, 5.74) is 4.22. The molecule has 2 aromatic carbocycles. The van der Waals surface area contributed by atoms with Crippen LogP contribution in [0, 0.1) is 13.8 Å². The van der Waals surface area contributed by atoms with Crippen LogP contribution < -0.4 is 10.9 Å². The summed E-state index contributed by atoms with van der Waals surface area (Å²) in [4.78, 5) is 24.7. The molecule has 1 aromatic heterocycles. The molecule has 0 spiro atoms. The fourth-order valence-electron chi connectivity index (χ4n) is 2.68. The third-order valence-electron chi connectivity index (χ3n) is 4.19. The number of hydrogen-bond donors (Lipinski definition) is 1. The second-order valence-electron chi connectivity index (χ2n) is 6.27. The average molecular weight is 367 g/mol. The molecular formula is C21H19ClN2O2. The number of nitrogens with zero attached hydrogens (tertiary/aromatic N) is 1. The van der Waals surface area contributed by atoms with Gasteiger partial charge in [0.25, 0.3) is 11.5 Å². The fraction of sp³-hybridized carbons (Fsp3) is 0.143. The number of benzene rings is 2. The zero-order valence-electron chi connectivity index (χ0n) is 14.6. The number of aryl methyl sites for hydroxylation is 2. The maximum atomic E-state index is 12.5.